The van der Waals surface area contributed by atoms with Gasteiger partial charge in [0.2, 0.25) is 0 Å². The number of hydrogen-bond acceptors (Lipinski definition) is 4. The van der Waals surface area contributed by atoms with E-state index in [4.69, 9.17) is 4.74 Å². The molecule has 0 unspecified atom stereocenters. The van der Waals surface area contributed by atoms with Crippen LogP contribution in [0.2, 0.25) is 0 Å². The molecule has 1 aromatic heterocycles. The van der Waals surface area contributed by atoms with E-state index >= 15 is 0 Å². The Morgan fingerprint density at radius 1 is 1.29 bits per heavy atom. The third-order valence-corrected chi connectivity index (χ3v) is 5.83. The van der Waals surface area contributed by atoms with Crippen LogP contribution >= 0.6 is 0 Å². The van der Waals surface area contributed by atoms with Crippen molar-refractivity contribution in [2.45, 2.75) is 38.5 Å². The van der Waals surface area contributed by atoms with Crippen LogP contribution in [-0.2, 0) is 11.2 Å². The molecule has 6 nitrogen and oxygen atoms in total. The average Bonchev–Trinajstić information content (AvgIpc) is 3.28. The molecule has 0 atom stereocenters. The molecule has 130 valence electrons. The summed E-state index contributed by atoms with van der Waals surface area (Å²) in [6.07, 6.45) is 10.8. The SMILES string of the molecule is COCC1(C2CCC2)CN(C(=O)Nc2cnc(CC3CC3)nc2)C1. The monoisotopic (exact) mass is 330 g/mol. The molecule has 0 bridgehead atoms. The number of methoxy groups -OCH3 is 1. The molecule has 3 aliphatic rings. The quantitative estimate of drug-likeness (QED) is 0.871. The van der Waals surface area contributed by atoms with Crippen LogP contribution in [0, 0.1) is 17.3 Å². The van der Waals surface area contributed by atoms with Crippen molar-refractivity contribution < 1.29 is 9.53 Å². The standard InChI is InChI=1S/C18H26N4O2/c1-24-12-18(14-3-2-4-14)10-22(11-18)17(23)21-15-8-19-16(20-9-15)7-13-5-6-13/h8-9,13-14H,2-7,10-12H2,1H3,(H,21,23). The van der Waals surface area contributed by atoms with E-state index in [-0.39, 0.29) is 11.4 Å². The number of carbonyl (C=O) groups excluding carboxylic acids is 1. The van der Waals surface area contributed by atoms with Gasteiger partial charge < -0.3 is 15.0 Å². The molecule has 0 radical (unpaired) electrons. The number of urea groups is 1. The minimum Gasteiger partial charge on any atom is -0.384 e. The maximum Gasteiger partial charge on any atom is 0.321 e. The molecule has 2 amide bonds. The van der Waals surface area contributed by atoms with Gasteiger partial charge in [0.25, 0.3) is 0 Å². The van der Waals surface area contributed by atoms with Crippen molar-refractivity contribution in [2.24, 2.45) is 17.3 Å². The van der Waals surface area contributed by atoms with Gasteiger partial charge in [-0.1, -0.05) is 6.42 Å². The molecular formula is C18H26N4O2. The largest absolute Gasteiger partial charge is 0.384 e. The van der Waals surface area contributed by atoms with Gasteiger partial charge in [-0.15, -0.1) is 0 Å². The molecule has 1 saturated heterocycles. The van der Waals surface area contributed by atoms with E-state index in [9.17, 15) is 4.79 Å². The minimum absolute atomic E-state index is 0.0559. The van der Waals surface area contributed by atoms with Gasteiger partial charge in [0, 0.05) is 32.0 Å². The number of aromatic nitrogens is 2. The zero-order valence-corrected chi connectivity index (χ0v) is 14.3. The Kier molecular flexibility index (Phi) is 4.16. The Labute approximate surface area is 143 Å². The molecule has 2 aliphatic carbocycles. The van der Waals surface area contributed by atoms with Crippen LogP contribution in [0.5, 0.6) is 0 Å². The summed E-state index contributed by atoms with van der Waals surface area (Å²) in [5, 5.41) is 2.92. The van der Waals surface area contributed by atoms with Crippen LogP contribution in [0.4, 0.5) is 10.5 Å². The van der Waals surface area contributed by atoms with E-state index in [1.165, 1.54) is 32.1 Å². The highest BCUT2D eigenvalue weighted by Gasteiger charge is 2.52. The summed E-state index contributed by atoms with van der Waals surface area (Å²) in [5.74, 6) is 2.36. The Morgan fingerprint density at radius 3 is 2.54 bits per heavy atom. The van der Waals surface area contributed by atoms with Gasteiger partial charge in [-0.05, 0) is 37.5 Å². The van der Waals surface area contributed by atoms with Gasteiger partial charge in [-0.2, -0.15) is 0 Å². The summed E-state index contributed by atoms with van der Waals surface area (Å²) in [7, 11) is 1.75. The summed E-state index contributed by atoms with van der Waals surface area (Å²) in [4.78, 5) is 23.0. The van der Waals surface area contributed by atoms with Crippen LogP contribution in [0.1, 0.15) is 37.9 Å². The number of likely N-dealkylation sites (tertiary alicyclic amines) is 1. The lowest BCUT2D eigenvalue weighted by molar-refractivity contribution is -0.0920. The first-order chi connectivity index (χ1) is 11.7. The second-order valence-electron chi connectivity index (χ2n) is 7.74. The van der Waals surface area contributed by atoms with Crippen LogP contribution in [0.25, 0.3) is 0 Å². The number of ether oxygens (including phenoxy) is 1. The molecule has 1 aliphatic heterocycles. The van der Waals surface area contributed by atoms with Gasteiger partial charge in [0.15, 0.2) is 0 Å². The van der Waals surface area contributed by atoms with Gasteiger partial charge in [-0.25, -0.2) is 14.8 Å². The van der Waals surface area contributed by atoms with Crippen molar-refractivity contribution in [3.05, 3.63) is 18.2 Å². The molecule has 3 fully saturated rings. The van der Waals surface area contributed by atoms with Crippen LogP contribution < -0.4 is 5.32 Å². The van der Waals surface area contributed by atoms with Crippen LogP contribution in [0.3, 0.4) is 0 Å². The number of anilines is 1. The second-order valence-corrected chi connectivity index (χ2v) is 7.74. The molecule has 2 heterocycles. The highest BCUT2D eigenvalue weighted by Crippen LogP contribution is 2.48. The molecule has 1 N–H and O–H groups in total. The Balaban J connectivity index is 1.30. The predicted molar refractivity (Wildman–Crippen MR) is 90.7 cm³/mol. The maximum absolute atomic E-state index is 12.4. The lowest BCUT2D eigenvalue weighted by atomic mass is 9.61. The number of nitrogens with one attached hydrogen (secondary N) is 1. The average molecular weight is 330 g/mol. The van der Waals surface area contributed by atoms with Gasteiger partial charge in [0.1, 0.15) is 5.82 Å². The van der Waals surface area contributed by atoms with E-state index in [1.807, 2.05) is 4.90 Å². The minimum atomic E-state index is -0.0559. The van der Waals surface area contributed by atoms with Crippen molar-refractivity contribution in [2.75, 3.05) is 32.1 Å². The maximum atomic E-state index is 12.4. The molecule has 0 spiro atoms. The van der Waals surface area contributed by atoms with Gasteiger partial charge in [0.05, 0.1) is 24.7 Å². The number of amides is 2. The topological polar surface area (TPSA) is 67.3 Å². The summed E-state index contributed by atoms with van der Waals surface area (Å²) in [5.41, 5.74) is 0.849. The smallest absolute Gasteiger partial charge is 0.321 e. The van der Waals surface area contributed by atoms with E-state index in [2.05, 4.69) is 15.3 Å². The highest BCUT2D eigenvalue weighted by atomic mass is 16.5. The fourth-order valence-electron chi connectivity index (χ4n) is 3.94. The Hall–Kier alpha value is -1.69. The van der Waals surface area contributed by atoms with Crippen molar-refractivity contribution in [3.8, 4) is 0 Å². The summed E-state index contributed by atoms with van der Waals surface area (Å²) >= 11 is 0. The van der Waals surface area contributed by atoms with Crippen LogP contribution in [-0.4, -0.2) is 47.7 Å². The molecule has 0 aromatic carbocycles. The van der Waals surface area contributed by atoms with E-state index < -0.39 is 0 Å². The number of nitrogens with zero attached hydrogens (tertiary/aromatic N) is 3. The number of rotatable bonds is 6. The normalized spacial score (nSPS) is 22.6. The molecule has 1 aromatic rings. The molecular weight excluding hydrogens is 304 g/mol. The molecule has 24 heavy (non-hydrogen) atoms. The van der Waals surface area contributed by atoms with E-state index in [1.54, 1.807) is 19.5 Å². The third kappa shape index (κ3) is 3.11. The fourth-order valence-corrected chi connectivity index (χ4v) is 3.94. The van der Waals surface area contributed by atoms with Crippen molar-refractivity contribution in [1.29, 1.82) is 0 Å². The summed E-state index contributed by atoms with van der Waals surface area (Å²) < 4.78 is 5.42. The highest BCUT2D eigenvalue weighted by molar-refractivity contribution is 5.89. The van der Waals surface area contributed by atoms with Crippen LogP contribution in [0.15, 0.2) is 12.4 Å². The Morgan fingerprint density at radius 2 is 2.00 bits per heavy atom. The summed E-state index contributed by atoms with van der Waals surface area (Å²) in [6, 6.07) is -0.0559. The lowest BCUT2D eigenvalue weighted by Crippen LogP contribution is -2.65. The molecule has 6 heteroatoms. The van der Waals surface area contributed by atoms with Gasteiger partial charge >= 0.3 is 6.03 Å². The summed E-state index contributed by atoms with van der Waals surface area (Å²) in [6.45, 7) is 2.33. The zero-order valence-electron chi connectivity index (χ0n) is 14.3. The number of hydrogen-bond donors (Lipinski definition) is 1. The fraction of sp³-hybridized carbons (Fsp3) is 0.722. The molecule has 2 saturated carbocycles. The number of carbonyl (C=O) groups is 1. The zero-order chi connectivity index (χ0) is 16.6. The predicted octanol–water partition coefficient (Wildman–Crippen LogP) is 2.71. The lowest BCUT2D eigenvalue weighted by Gasteiger charge is -2.56. The first kappa shape index (κ1) is 15.8. The van der Waals surface area contributed by atoms with E-state index in [0.717, 1.165) is 37.9 Å². The van der Waals surface area contributed by atoms with Crippen molar-refractivity contribution >= 4 is 11.7 Å². The Bertz CT molecular complexity index is 590. The molecule has 4 rings (SSSR count). The van der Waals surface area contributed by atoms with Crippen molar-refractivity contribution in [3.63, 3.8) is 0 Å². The second kappa shape index (κ2) is 6.31. The van der Waals surface area contributed by atoms with Gasteiger partial charge in [-0.3, -0.25) is 0 Å². The third-order valence-electron chi connectivity index (χ3n) is 5.83. The first-order valence-corrected chi connectivity index (χ1v) is 9.04. The van der Waals surface area contributed by atoms with E-state index in [0.29, 0.717) is 11.6 Å². The van der Waals surface area contributed by atoms with Crippen molar-refractivity contribution in [1.82, 2.24) is 14.9 Å². The first-order valence-electron chi connectivity index (χ1n) is 9.04.